The Bertz CT molecular complexity index is 777. The normalized spacial score (nSPS) is 10.7. The number of H-pyrrole nitrogens is 1. The second-order valence-electron chi connectivity index (χ2n) is 4.17. The number of para-hydroxylation sites is 1. The fraction of sp³-hybridized carbons (Fsp3) is 0.0714. The van der Waals surface area contributed by atoms with Gasteiger partial charge in [0.15, 0.2) is 0 Å². The maximum absolute atomic E-state index is 5.13. The molecule has 4 heteroatoms. The number of aromatic amines is 1. The van der Waals surface area contributed by atoms with E-state index in [0.717, 1.165) is 28.0 Å². The van der Waals surface area contributed by atoms with Crippen LogP contribution in [0.2, 0.25) is 0 Å². The molecule has 3 nitrogen and oxygen atoms in total. The molecule has 0 radical (unpaired) electrons. The summed E-state index contributed by atoms with van der Waals surface area (Å²) in [6, 6.07) is 11.9. The Kier molecular flexibility index (Phi) is 2.64. The van der Waals surface area contributed by atoms with Crippen molar-refractivity contribution in [1.29, 1.82) is 0 Å². The Morgan fingerprint density at radius 2 is 2.00 bits per heavy atom. The molecule has 0 atom stereocenters. The lowest BCUT2D eigenvalue weighted by molar-refractivity contribution is 1.10. The molecule has 0 amide bonds. The third kappa shape index (κ3) is 2.02. The number of aromatic nitrogens is 3. The van der Waals surface area contributed by atoms with Gasteiger partial charge in [0.25, 0.3) is 0 Å². The quantitative estimate of drug-likeness (QED) is 0.673. The van der Waals surface area contributed by atoms with Crippen LogP contribution in [-0.4, -0.2) is 15.0 Å². The van der Waals surface area contributed by atoms with Crippen molar-refractivity contribution in [3.63, 3.8) is 0 Å². The van der Waals surface area contributed by atoms with Gasteiger partial charge in [0, 0.05) is 22.8 Å². The van der Waals surface area contributed by atoms with Crippen LogP contribution in [0.15, 0.2) is 42.6 Å². The van der Waals surface area contributed by atoms with Crippen molar-refractivity contribution in [3.8, 4) is 11.4 Å². The van der Waals surface area contributed by atoms with Crippen LogP contribution in [-0.2, 0) is 0 Å². The summed E-state index contributed by atoms with van der Waals surface area (Å²) in [5.41, 5.74) is 2.93. The summed E-state index contributed by atoms with van der Waals surface area (Å²) in [4.78, 5) is 12.0. The van der Waals surface area contributed by atoms with Crippen molar-refractivity contribution in [2.24, 2.45) is 0 Å². The van der Waals surface area contributed by atoms with E-state index in [1.54, 1.807) is 0 Å². The maximum atomic E-state index is 5.13. The van der Waals surface area contributed by atoms with E-state index in [2.05, 4.69) is 21.0 Å². The number of hydrogen-bond acceptors (Lipinski definition) is 3. The lowest BCUT2D eigenvalue weighted by atomic mass is 10.1. The first-order valence-corrected chi connectivity index (χ1v) is 6.06. The summed E-state index contributed by atoms with van der Waals surface area (Å²) in [5.74, 6) is 0.762. The van der Waals surface area contributed by atoms with Crippen LogP contribution >= 0.6 is 12.2 Å². The number of nitrogens with zero attached hydrogens (tertiary/aromatic N) is 2. The molecule has 3 aromatic rings. The average molecular weight is 253 g/mol. The molecule has 0 fully saturated rings. The van der Waals surface area contributed by atoms with Crippen molar-refractivity contribution >= 4 is 23.1 Å². The lowest BCUT2D eigenvalue weighted by Gasteiger charge is -2.04. The number of hydrogen-bond donors (Lipinski definition) is 1. The van der Waals surface area contributed by atoms with E-state index in [9.17, 15) is 0 Å². The standard InChI is InChI=1S/C14H11N3S/c1-9-6-13(18)17-14(16-9)11-7-10-4-2-3-5-12(10)15-8-11/h2-8H,1H3,(H,16,17,18). The number of pyridine rings is 1. The molecule has 0 bridgehead atoms. The highest BCUT2D eigenvalue weighted by molar-refractivity contribution is 7.71. The second-order valence-corrected chi connectivity index (χ2v) is 4.59. The molecule has 1 N–H and O–H groups in total. The Hall–Kier alpha value is -2.07. The van der Waals surface area contributed by atoms with E-state index >= 15 is 0 Å². The van der Waals surface area contributed by atoms with Gasteiger partial charge in [-0.15, -0.1) is 0 Å². The Morgan fingerprint density at radius 3 is 2.83 bits per heavy atom. The van der Waals surface area contributed by atoms with Crippen LogP contribution in [0.1, 0.15) is 5.69 Å². The smallest absolute Gasteiger partial charge is 0.140 e. The van der Waals surface area contributed by atoms with Crippen molar-refractivity contribution in [1.82, 2.24) is 15.0 Å². The van der Waals surface area contributed by atoms with Crippen molar-refractivity contribution < 1.29 is 0 Å². The highest BCUT2D eigenvalue weighted by Crippen LogP contribution is 2.19. The molecule has 88 valence electrons. The summed E-state index contributed by atoms with van der Waals surface area (Å²) in [5, 5.41) is 1.10. The molecule has 0 aliphatic rings. The van der Waals surface area contributed by atoms with Crippen molar-refractivity contribution in [3.05, 3.63) is 52.9 Å². The maximum Gasteiger partial charge on any atom is 0.140 e. The van der Waals surface area contributed by atoms with E-state index in [1.165, 1.54) is 0 Å². The molecule has 0 aliphatic heterocycles. The number of fused-ring (bicyclic) bond motifs is 1. The van der Waals surface area contributed by atoms with Crippen molar-refractivity contribution in [2.75, 3.05) is 0 Å². The minimum absolute atomic E-state index is 0.592. The summed E-state index contributed by atoms with van der Waals surface area (Å²) in [6.45, 7) is 1.97. The zero-order chi connectivity index (χ0) is 12.5. The molecular formula is C14H11N3S. The predicted molar refractivity (Wildman–Crippen MR) is 74.9 cm³/mol. The molecule has 2 aromatic heterocycles. The van der Waals surface area contributed by atoms with Gasteiger partial charge in [-0.3, -0.25) is 4.98 Å². The first kappa shape index (κ1) is 11.0. The van der Waals surface area contributed by atoms with E-state index in [4.69, 9.17) is 12.2 Å². The van der Waals surface area contributed by atoms with Crippen LogP contribution in [0.5, 0.6) is 0 Å². The molecule has 0 saturated heterocycles. The summed E-state index contributed by atoms with van der Waals surface area (Å²) in [6.07, 6.45) is 1.81. The van der Waals surface area contributed by atoms with Crippen LogP contribution in [0.4, 0.5) is 0 Å². The molecule has 2 heterocycles. The van der Waals surface area contributed by atoms with Gasteiger partial charge in [0.2, 0.25) is 0 Å². The highest BCUT2D eigenvalue weighted by Gasteiger charge is 2.03. The van der Waals surface area contributed by atoms with Crippen LogP contribution in [0.25, 0.3) is 22.3 Å². The van der Waals surface area contributed by atoms with E-state index in [1.807, 2.05) is 43.5 Å². The topological polar surface area (TPSA) is 41.6 Å². The fourth-order valence-corrected chi connectivity index (χ4v) is 2.18. The van der Waals surface area contributed by atoms with Gasteiger partial charge < -0.3 is 4.98 Å². The molecule has 1 aromatic carbocycles. The van der Waals surface area contributed by atoms with Crippen molar-refractivity contribution in [2.45, 2.75) is 6.92 Å². The summed E-state index contributed by atoms with van der Waals surface area (Å²) in [7, 11) is 0. The van der Waals surface area contributed by atoms with Crippen LogP contribution in [0, 0.1) is 11.6 Å². The van der Waals surface area contributed by atoms with Gasteiger partial charge >= 0.3 is 0 Å². The Labute approximate surface area is 110 Å². The fourth-order valence-electron chi connectivity index (χ4n) is 1.92. The van der Waals surface area contributed by atoms with Gasteiger partial charge in [0.1, 0.15) is 10.5 Å². The van der Waals surface area contributed by atoms with E-state index < -0.39 is 0 Å². The molecule has 0 unspecified atom stereocenters. The predicted octanol–water partition coefficient (Wildman–Crippen LogP) is 3.66. The number of rotatable bonds is 1. The summed E-state index contributed by atoms with van der Waals surface area (Å²) >= 11 is 5.13. The first-order chi connectivity index (χ1) is 8.72. The molecule has 0 aliphatic carbocycles. The minimum atomic E-state index is 0.592. The first-order valence-electron chi connectivity index (χ1n) is 5.65. The summed E-state index contributed by atoms with van der Waals surface area (Å²) < 4.78 is 0.592. The average Bonchev–Trinajstić information content (AvgIpc) is 2.37. The number of benzene rings is 1. The molecule has 3 rings (SSSR count). The van der Waals surface area contributed by atoms with Gasteiger partial charge in [-0.05, 0) is 25.1 Å². The van der Waals surface area contributed by atoms with Crippen LogP contribution in [0.3, 0.4) is 0 Å². The zero-order valence-corrected chi connectivity index (χ0v) is 10.7. The number of aryl methyl sites for hydroxylation is 1. The van der Waals surface area contributed by atoms with Gasteiger partial charge in [0.05, 0.1) is 5.52 Å². The largest absolute Gasteiger partial charge is 0.343 e. The Morgan fingerprint density at radius 1 is 1.17 bits per heavy atom. The zero-order valence-electron chi connectivity index (χ0n) is 9.84. The molecule has 18 heavy (non-hydrogen) atoms. The third-order valence-corrected chi connectivity index (χ3v) is 2.95. The molecule has 0 saturated carbocycles. The highest BCUT2D eigenvalue weighted by atomic mass is 32.1. The molecule has 0 spiro atoms. The van der Waals surface area contributed by atoms with E-state index in [0.29, 0.717) is 4.64 Å². The second kappa shape index (κ2) is 4.31. The van der Waals surface area contributed by atoms with Gasteiger partial charge in [-0.2, -0.15) is 0 Å². The lowest BCUT2D eigenvalue weighted by Crippen LogP contribution is -1.93. The monoisotopic (exact) mass is 253 g/mol. The molecular weight excluding hydrogens is 242 g/mol. The SMILES string of the molecule is Cc1cc(=S)nc(-c2cnc3ccccc3c2)[nH]1. The van der Waals surface area contributed by atoms with E-state index in [-0.39, 0.29) is 0 Å². The van der Waals surface area contributed by atoms with Gasteiger partial charge in [-0.1, -0.05) is 30.4 Å². The third-order valence-electron chi connectivity index (χ3n) is 2.74. The minimum Gasteiger partial charge on any atom is -0.343 e. The number of nitrogens with one attached hydrogen (secondary N) is 1. The Balaban J connectivity index is 2.22. The van der Waals surface area contributed by atoms with Gasteiger partial charge in [-0.25, -0.2) is 4.98 Å². The van der Waals surface area contributed by atoms with Crippen LogP contribution < -0.4 is 0 Å².